The van der Waals surface area contributed by atoms with Crippen molar-refractivity contribution >= 4 is 0 Å². The van der Waals surface area contributed by atoms with Gasteiger partial charge in [0.1, 0.15) is 0 Å². The van der Waals surface area contributed by atoms with E-state index in [9.17, 15) is 4.79 Å². The van der Waals surface area contributed by atoms with Gasteiger partial charge >= 0.3 is 5.76 Å². The van der Waals surface area contributed by atoms with Gasteiger partial charge in [0.15, 0.2) is 5.82 Å². The van der Waals surface area contributed by atoms with Gasteiger partial charge < -0.3 is 0 Å². The van der Waals surface area contributed by atoms with Crippen LogP contribution < -0.4 is 5.76 Å². The molecule has 0 spiro atoms. The molecule has 4 heteroatoms. The summed E-state index contributed by atoms with van der Waals surface area (Å²) in [6, 6.07) is 0. The average molecular weight is 216 g/mol. The summed E-state index contributed by atoms with van der Waals surface area (Å²) >= 11 is 0. The van der Waals surface area contributed by atoms with E-state index in [-0.39, 0.29) is 5.76 Å². The van der Waals surface area contributed by atoms with Crippen molar-refractivity contribution in [1.82, 2.24) is 10.1 Å². The number of aromatic nitrogens is 2. The predicted molar refractivity (Wildman–Crippen MR) is 52.5 cm³/mol. The summed E-state index contributed by atoms with van der Waals surface area (Å²) in [4.78, 5) is 13.9. The van der Waals surface area contributed by atoms with Crippen molar-refractivity contribution in [1.29, 1.82) is 0 Å². The maximum absolute atomic E-state index is 11.1. The zero-order valence-electron chi connectivity index (χ0n) is 8.93. The number of H-pyrrole nitrogens is 1. The van der Waals surface area contributed by atoms with Gasteiger partial charge in [-0.2, -0.15) is 0 Å². The first-order valence-electron chi connectivity index (χ1n) is 6.36. The first kappa shape index (κ1) is 7.30. The Bertz CT molecular complexity index is 559. The molecule has 6 saturated carbocycles. The topological polar surface area (TPSA) is 58.9 Å². The van der Waals surface area contributed by atoms with Gasteiger partial charge in [-0.15, -0.1) is 0 Å². The smallest absolute Gasteiger partial charge is 0.296 e. The van der Waals surface area contributed by atoms with Gasteiger partial charge in [-0.25, -0.2) is 4.79 Å². The molecule has 6 fully saturated rings. The SMILES string of the molecule is CCC12C3C4C1C1C2C3C41c1noc(=O)[nH]1. The van der Waals surface area contributed by atoms with Crippen LogP contribution in [0.3, 0.4) is 0 Å². The van der Waals surface area contributed by atoms with Crippen molar-refractivity contribution in [2.75, 3.05) is 0 Å². The van der Waals surface area contributed by atoms with Crippen molar-refractivity contribution in [2.24, 2.45) is 40.9 Å². The standard InChI is InChI=1S/C12H12N2O2/c1-2-11-3-6-4(11)8-5(11)7(3)12(6,8)9-13-10(15)16-14-9/h3-8H,2H2,1H3,(H,13,14,15). The van der Waals surface area contributed by atoms with Crippen molar-refractivity contribution in [3.05, 3.63) is 16.4 Å². The lowest BCUT2D eigenvalue weighted by Gasteiger charge is -3.11. The molecule has 1 heterocycles. The van der Waals surface area contributed by atoms with Gasteiger partial charge in [-0.05, 0) is 47.3 Å². The molecule has 1 N–H and O–H groups in total. The molecule has 0 saturated heterocycles. The predicted octanol–water partition coefficient (Wildman–Crippen LogP) is 0.762. The van der Waals surface area contributed by atoms with Crippen LogP contribution in [-0.4, -0.2) is 10.1 Å². The molecule has 1 aromatic rings. The average Bonchev–Trinajstić information content (AvgIpc) is 2.75. The van der Waals surface area contributed by atoms with E-state index in [0.717, 1.165) is 46.7 Å². The Balaban J connectivity index is 1.53. The molecule has 0 aromatic carbocycles. The highest BCUT2D eigenvalue weighted by Crippen LogP contribution is 3.10. The maximum Gasteiger partial charge on any atom is 0.438 e. The van der Waals surface area contributed by atoms with Crippen LogP contribution in [0.4, 0.5) is 0 Å². The van der Waals surface area contributed by atoms with Gasteiger partial charge in [0.2, 0.25) is 0 Å². The van der Waals surface area contributed by atoms with Crippen LogP contribution in [0.1, 0.15) is 19.2 Å². The summed E-state index contributed by atoms with van der Waals surface area (Å²) in [6.45, 7) is 2.35. The summed E-state index contributed by atoms with van der Waals surface area (Å²) in [5, 5.41) is 3.96. The van der Waals surface area contributed by atoms with Crippen LogP contribution in [0, 0.1) is 40.9 Å². The Kier molecular flexibility index (Phi) is 0.702. The fourth-order valence-corrected chi connectivity index (χ4v) is 7.35. The van der Waals surface area contributed by atoms with Gasteiger partial charge in [-0.3, -0.25) is 9.51 Å². The Morgan fingerprint density at radius 3 is 2.31 bits per heavy atom. The number of hydrogen-bond acceptors (Lipinski definition) is 3. The fraction of sp³-hybridized carbons (Fsp3) is 0.833. The maximum atomic E-state index is 11.1. The van der Waals surface area contributed by atoms with Crippen molar-refractivity contribution in [2.45, 2.75) is 18.8 Å². The minimum atomic E-state index is -0.381. The highest BCUT2D eigenvalue weighted by molar-refractivity contribution is 5.60. The van der Waals surface area contributed by atoms with Crippen LogP contribution in [0.2, 0.25) is 0 Å². The third-order valence-electron chi connectivity index (χ3n) is 7.30. The molecule has 0 radical (unpaired) electrons. The number of nitrogens with one attached hydrogen (secondary N) is 1. The zero-order chi connectivity index (χ0) is 10.4. The molecule has 6 aliphatic rings. The quantitative estimate of drug-likeness (QED) is 0.794. The largest absolute Gasteiger partial charge is 0.438 e. The number of hydrogen-bond donors (Lipinski definition) is 1. The molecule has 6 aliphatic carbocycles. The summed E-state index contributed by atoms with van der Waals surface area (Å²) < 4.78 is 4.69. The second-order valence-corrected chi connectivity index (χ2v) is 6.50. The van der Waals surface area contributed by atoms with E-state index >= 15 is 0 Å². The molecular formula is C12H12N2O2. The molecular weight excluding hydrogens is 204 g/mol. The first-order valence-corrected chi connectivity index (χ1v) is 6.36. The van der Waals surface area contributed by atoms with E-state index < -0.39 is 0 Å². The van der Waals surface area contributed by atoms with E-state index in [1.165, 1.54) is 6.42 Å². The normalized spacial score (nSPS) is 69.3. The summed E-state index contributed by atoms with van der Waals surface area (Å²) in [7, 11) is 0. The third-order valence-corrected chi connectivity index (χ3v) is 7.30. The highest BCUT2D eigenvalue weighted by atomic mass is 16.5. The number of aromatic amines is 1. The zero-order valence-corrected chi connectivity index (χ0v) is 8.93. The lowest BCUT2D eigenvalue weighted by atomic mass is 8.92. The molecule has 16 heavy (non-hydrogen) atoms. The second kappa shape index (κ2) is 1.54. The minimum absolute atomic E-state index is 0.295. The Labute approximate surface area is 91.4 Å². The van der Waals surface area contributed by atoms with E-state index in [1.807, 2.05) is 0 Å². The molecule has 7 rings (SSSR count). The summed E-state index contributed by atoms with van der Waals surface area (Å²) in [6.07, 6.45) is 1.38. The van der Waals surface area contributed by atoms with Gasteiger partial charge in [-0.1, -0.05) is 12.1 Å². The number of nitrogens with zero attached hydrogens (tertiary/aromatic N) is 1. The molecule has 0 amide bonds. The van der Waals surface area contributed by atoms with Crippen LogP contribution in [-0.2, 0) is 5.41 Å². The molecule has 0 aliphatic heterocycles. The molecule has 0 atom stereocenters. The fourth-order valence-electron chi connectivity index (χ4n) is 7.35. The monoisotopic (exact) mass is 216 g/mol. The van der Waals surface area contributed by atoms with E-state index in [4.69, 9.17) is 0 Å². The molecule has 82 valence electrons. The first-order chi connectivity index (χ1) is 7.79. The van der Waals surface area contributed by atoms with Crippen molar-refractivity contribution in [3.63, 3.8) is 0 Å². The summed E-state index contributed by atoms with van der Waals surface area (Å²) in [5.41, 5.74) is 1.06. The van der Waals surface area contributed by atoms with E-state index in [2.05, 4.69) is 21.6 Å². The molecule has 0 bridgehead atoms. The Morgan fingerprint density at radius 2 is 1.88 bits per heavy atom. The van der Waals surface area contributed by atoms with Gasteiger partial charge in [0, 0.05) is 5.41 Å². The second-order valence-electron chi connectivity index (χ2n) is 6.50. The molecule has 4 nitrogen and oxygen atoms in total. The third kappa shape index (κ3) is 0.312. The van der Waals surface area contributed by atoms with Gasteiger partial charge in [0.05, 0.1) is 0 Å². The van der Waals surface area contributed by atoms with Crippen molar-refractivity contribution < 1.29 is 4.52 Å². The van der Waals surface area contributed by atoms with E-state index in [0.29, 0.717) is 5.41 Å². The van der Waals surface area contributed by atoms with E-state index in [1.54, 1.807) is 0 Å². The lowest BCUT2D eigenvalue weighted by molar-refractivity contribution is -0.630. The highest BCUT2D eigenvalue weighted by Gasteiger charge is 3.09. The molecule has 1 aromatic heterocycles. The lowest BCUT2D eigenvalue weighted by Crippen LogP contribution is -3.11. The summed E-state index contributed by atoms with van der Waals surface area (Å²) in [5.74, 6) is 6.02. The van der Waals surface area contributed by atoms with Gasteiger partial charge in [0.25, 0.3) is 0 Å². The van der Waals surface area contributed by atoms with Crippen LogP contribution in [0.5, 0.6) is 0 Å². The van der Waals surface area contributed by atoms with Crippen LogP contribution >= 0.6 is 0 Å². The Hall–Kier alpha value is -1.06. The van der Waals surface area contributed by atoms with Crippen LogP contribution in [0.15, 0.2) is 9.32 Å². The Morgan fingerprint density at radius 1 is 1.25 bits per heavy atom. The van der Waals surface area contributed by atoms with Crippen molar-refractivity contribution in [3.8, 4) is 0 Å². The number of rotatable bonds is 2. The minimum Gasteiger partial charge on any atom is -0.296 e. The molecule has 0 unspecified atom stereocenters. The van der Waals surface area contributed by atoms with Crippen LogP contribution in [0.25, 0.3) is 0 Å².